The first-order chi connectivity index (χ1) is 38.2. The van der Waals surface area contributed by atoms with Crippen molar-refractivity contribution >= 4 is 56.1 Å². The molecule has 80 heavy (non-hydrogen) atoms. The first-order valence-electron chi connectivity index (χ1n) is 28.7. The Morgan fingerprint density at radius 1 is 0.312 bits per heavy atom. The van der Waals surface area contributed by atoms with Crippen LogP contribution in [0.3, 0.4) is 0 Å². The molecule has 13 rings (SSSR count). The van der Waals surface area contributed by atoms with Gasteiger partial charge in [0, 0.05) is 50.5 Å². The van der Waals surface area contributed by atoms with Gasteiger partial charge in [0.05, 0.1) is 5.41 Å². The third kappa shape index (κ3) is 8.22. The molecule has 0 radical (unpaired) electrons. The molecule has 11 aromatic rings. The van der Waals surface area contributed by atoms with Crippen LogP contribution in [0, 0.1) is 0 Å². The van der Waals surface area contributed by atoms with Crippen LogP contribution in [0.25, 0.3) is 55.3 Å². The van der Waals surface area contributed by atoms with E-state index in [1.165, 1.54) is 61.2 Å². The van der Waals surface area contributed by atoms with Crippen molar-refractivity contribution in [2.24, 2.45) is 0 Å². The second kappa shape index (κ2) is 18.3. The normalized spacial score (nSPS) is 13.6. The van der Waals surface area contributed by atoms with Crippen molar-refractivity contribution < 1.29 is 4.42 Å². The van der Waals surface area contributed by atoms with E-state index in [9.17, 15) is 0 Å². The van der Waals surface area contributed by atoms with Gasteiger partial charge < -0.3 is 14.2 Å². The van der Waals surface area contributed by atoms with E-state index in [2.05, 4.69) is 311 Å². The molecule has 1 heterocycles. The van der Waals surface area contributed by atoms with Gasteiger partial charge in [-0.3, -0.25) is 0 Å². The molecule has 0 amide bonds. The number of benzene rings is 10. The van der Waals surface area contributed by atoms with E-state index in [1.807, 2.05) is 0 Å². The number of hydrogen-bond donors (Lipinski definition) is 0. The maximum Gasteiger partial charge on any atom is 0.144 e. The summed E-state index contributed by atoms with van der Waals surface area (Å²) < 4.78 is 7.36. The van der Waals surface area contributed by atoms with E-state index in [0.29, 0.717) is 0 Å². The maximum absolute atomic E-state index is 7.36. The predicted molar refractivity (Wildman–Crippen MR) is 340 cm³/mol. The van der Waals surface area contributed by atoms with Gasteiger partial charge in [0.25, 0.3) is 0 Å². The van der Waals surface area contributed by atoms with Gasteiger partial charge in [0.1, 0.15) is 11.2 Å². The van der Waals surface area contributed by atoms with E-state index < -0.39 is 5.41 Å². The van der Waals surface area contributed by atoms with E-state index in [-0.39, 0.29) is 21.7 Å². The molecular formula is C77H72N2O. The fourth-order valence-corrected chi connectivity index (χ4v) is 13.0. The largest absolute Gasteiger partial charge is 0.455 e. The molecule has 3 nitrogen and oxygen atoms in total. The Hall–Kier alpha value is -8.40. The van der Waals surface area contributed by atoms with Crippen molar-refractivity contribution in [2.75, 3.05) is 9.80 Å². The Morgan fingerprint density at radius 2 is 0.725 bits per heavy atom. The van der Waals surface area contributed by atoms with Crippen LogP contribution in [0.1, 0.15) is 128 Å². The molecule has 0 bridgehead atoms. The topological polar surface area (TPSA) is 19.6 Å². The van der Waals surface area contributed by atoms with Crippen molar-refractivity contribution in [3.63, 3.8) is 0 Å². The minimum absolute atomic E-state index is 0.0188. The molecule has 0 aliphatic heterocycles. The van der Waals surface area contributed by atoms with Crippen molar-refractivity contribution in [3.8, 4) is 33.4 Å². The minimum Gasteiger partial charge on any atom is -0.455 e. The summed E-state index contributed by atoms with van der Waals surface area (Å²) in [6, 6.07) is 82.6. The number of anilines is 6. The smallest absolute Gasteiger partial charge is 0.144 e. The maximum atomic E-state index is 7.36. The predicted octanol–water partition coefficient (Wildman–Crippen LogP) is 21.7. The summed E-state index contributed by atoms with van der Waals surface area (Å²) in [5, 5.41) is 2.23. The Labute approximate surface area is 474 Å². The van der Waals surface area contributed by atoms with Crippen LogP contribution >= 0.6 is 0 Å². The van der Waals surface area contributed by atoms with Gasteiger partial charge in [0.15, 0.2) is 0 Å². The Kier molecular flexibility index (Phi) is 11.7. The van der Waals surface area contributed by atoms with Crippen molar-refractivity contribution in [1.82, 2.24) is 0 Å². The van der Waals surface area contributed by atoms with Crippen LogP contribution in [0.5, 0.6) is 0 Å². The highest BCUT2D eigenvalue weighted by Gasteiger charge is 2.53. The lowest BCUT2D eigenvalue weighted by Crippen LogP contribution is -2.26. The summed E-state index contributed by atoms with van der Waals surface area (Å²) in [6.45, 7) is 27.4. The van der Waals surface area contributed by atoms with Crippen molar-refractivity contribution in [2.45, 2.75) is 110 Å². The highest BCUT2D eigenvalue weighted by atomic mass is 16.3. The molecule has 0 saturated carbocycles. The quantitative estimate of drug-likeness (QED) is 0.159. The number of furan rings is 1. The first kappa shape index (κ1) is 51.1. The van der Waals surface area contributed by atoms with Crippen molar-refractivity contribution in [3.05, 3.63) is 263 Å². The molecular weight excluding hydrogens is 969 g/mol. The molecule has 0 fully saturated rings. The van der Waals surface area contributed by atoms with E-state index in [0.717, 1.165) is 72.8 Å². The first-order valence-corrected chi connectivity index (χ1v) is 28.7. The van der Waals surface area contributed by atoms with Crippen LogP contribution in [-0.4, -0.2) is 0 Å². The molecule has 396 valence electrons. The van der Waals surface area contributed by atoms with Gasteiger partial charge >= 0.3 is 0 Å². The van der Waals surface area contributed by atoms with Gasteiger partial charge in [-0.1, -0.05) is 217 Å². The zero-order chi connectivity index (χ0) is 55.7. The zero-order valence-electron chi connectivity index (χ0n) is 48.6. The van der Waals surface area contributed by atoms with Crippen LogP contribution in [0.2, 0.25) is 0 Å². The van der Waals surface area contributed by atoms with E-state index in [4.69, 9.17) is 4.42 Å². The SMILES string of the molecule is CC(C)(C)c1ccc(N(c2ccc(C(C)(C)C)cc2)c2cccc(-c3cc4c(c5oc6ccccc6c35)-c3ccc(N(c5ccc(C(C)(C)C)cc5)c5ccc(C(C)(C)C)cc5)cc3C43c4ccccc4-c4ccccc43)c2)cc1. The molecule has 0 saturated heterocycles. The summed E-state index contributed by atoms with van der Waals surface area (Å²) >= 11 is 0. The van der Waals surface area contributed by atoms with Crippen LogP contribution in [0.15, 0.2) is 223 Å². The molecule has 0 N–H and O–H groups in total. The van der Waals surface area contributed by atoms with Gasteiger partial charge in [0.2, 0.25) is 0 Å². The Bertz CT molecular complexity index is 4020. The third-order valence-electron chi connectivity index (χ3n) is 17.3. The standard InChI is InChI=1S/C77H72N2O/c1-73(2,3)50-28-36-54(37-29-50)78(55-38-30-51(31-39-55)74(4,5)6)58-21-19-20-49(46-58)64-48-68-71(72-70(64)63-24-15-18-27-69(63)80-72)62-45-44-59(47-67(62)77(68)65-25-16-13-22-60(65)61-23-14-17-26-66(61)77)79(56-40-32-52(33-41-56)75(7,8)9)57-42-34-53(35-43-57)76(10,11)12/h13-48H,1-12H3. The van der Waals surface area contributed by atoms with E-state index >= 15 is 0 Å². The zero-order valence-corrected chi connectivity index (χ0v) is 48.6. The fourth-order valence-electron chi connectivity index (χ4n) is 13.0. The Morgan fingerprint density at radius 3 is 1.19 bits per heavy atom. The number of rotatable bonds is 7. The Balaban J connectivity index is 1.07. The molecule has 0 atom stereocenters. The van der Waals surface area contributed by atoms with E-state index in [1.54, 1.807) is 0 Å². The lowest BCUT2D eigenvalue weighted by Gasteiger charge is -2.33. The second-order valence-corrected chi connectivity index (χ2v) is 26.6. The van der Waals surface area contributed by atoms with Gasteiger partial charge in [-0.05, 0) is 179 Å². The molecule has 0 unspecified atom stereocenters. The van der Waals surface area contributed by atoms with Crippen molar-refractivity contribution in [1.29, 1.82) is 0 Å². The monoisotopic (exact) mass is 1040 g/mol. The summed E-state index contributed by atoms with van der Waals surface area (Å²) in [4.78, 5) is 4.87. The average Bonchev–Trinajstić information content (AvgIpc) is 4.28. The third-order valence-corrected chi connectivity index (χ3v) is 17.3. The molecule has 1 aromatic heterocycles. The minimum atomic E-state index is -0.680. The van der Waals surface area contributed by atoms with Gasteiger partial charge in [-0.2, -0.15) is 0 Å². The number of para-hydroxylation sites is 1. The number of hydrogen-bond acceptors (Lipinski definition) is 3. The van der Waals surface area contributed by atoms with Gasteiger partial charge in [-0.15, -0.1) is 0 Å². The molecule has 3 heteroatoms. The lowest BCUT2D eigenvalue weighted by molar-refractivity contribution is 0.590. The second-order valence-electron chi connectivity index (χ2n) is 26.6. The summed E-state index contributed by atoms with van der Waals surface area (Å²) in [5.74, 6) is 0. The number of nitrogens with zero attached hydrogens (tertiary/aromatic N) is 2. The molecule has 1 spiro atoms. The summed E-state index contributed by atoms with van der Waals surface area (Å²) in [6.07, 6.45) is 0. The average molecular weight is 1040 g/mol. The highest BCUT2D eigenvalue weighted by molar-refractivity contribution is 6.19. The molecule has 10 aromatic carbocycles. The molecule has 2 aliphatic rings. The van der Waals surface area contributed by atoms with Crippen LogP contribution in [0.4, 0.5) is 34.1 Å². The number of fused-ring (bicyclic) bond motifs is 14. The summed E-state index contributed by atoms with van der Waals surface area (Å²) in [7, 11) is 0. The van der Waals surface area contributed by atoms with Crippen LogP contribution < -0.4 is 9.80 Å². The molecule has 2 aliphatic carbocycles. The lowest BCUT2D eigenvalue weighted by atomic mass is 9.70. The van der Waals surface area contributed by atoms with Gasteiger partial charge in [-0.25, -0.2) is 0 Å². The summed E-state index contributed by atoms with van der Waals surface area (Å²) in [5.41, 5.74) is 25.3. The highest BCUT2D eigenvalue weighted by Crippen LogP contribution is 2.66. The fraction of sp³-hybridized carbons (Fsp3) is 0.221. The van der Waals surface area contributed by atoms with Crippen LogP contribution in [-0.2, 0) is 27.1 Å².